The summed E-state index contributed by atoms with van der Waals surface area (Å²) in [4.78, 5) is 11.4. The molecule has 21 heavy (non-hydrogen) atoms. The average Bonchev–Trinajstić information content (AvgIpc) is 2.46. The number of ether oxygens (including phenoxy) is 1. The number of benzene rings is 1. The Labute approximate surface area is 122 Å². The third kappa shape index (κ3) is 3.77. The van der Waals surface area contributed by atoms with E-state index in [4.69, 9.17) is 4.74 Å². The largest absolute Gasteiger partial charge is 0.466 e. The van der Waals surface area contributed by atoms with Gasteiger partial charge in [-0.2, -0.15) is 0 Å². The highest BCUT2D eigenvalue weighted by Gasteiger charge is 2.27. The van der Waals surface area contributed by atoms with Gasteiger partial charge in [0.25, 0.3) is 0 Å². The Kier molecular flexibility index (Phi) is 5.26. The summed E-state index contributed by atoms with van der Waals surface area (Å²) < 4.78 is 44.9. The van der Waals surface area contributed by atoms with E-state index in [0.29, 0.717) is 25.9 Å². The number of rotatable bonds is 4. The van der Waals surface area contributed by atoms with E-state index >= 15 is 0 Å². The highest BCUT2D eigenvalue weighted by atomic mass is 19.2. The number of carbonyl (C=O) groups is 1. The van der Waals surface area contributed by atoms with Crippen molar-refractivity contribution in [2.24, 2.45) is 5.92 Å². The van der Waals surface area contributed by atoms with E-state index in [9.17, 15) is 18.0 Å². The molecular formula is C16H19F3O2. The molecule has 0 radical (unpaired) electrons. The van der Waals surface area contributed by atoms with Gasteiger partial charge in [-0.05, 0) is 56.1 Å². The molecule has 1 fully saturated rings. The van der Waals surface area contributed by atoms with Gasteiger partial charge in [-0.15, -0.1) is 0 Å². The van der Waals surface area contributed by atoms with Crippen molar-refractivity contribution < 1.29 is 22.7 Å². The van der Waals surface area contributed by atoms with E-state index in [2.05, 4.69) is 0 Å². The Morgan fingerprint density at radius 2 is 1.81 bits per heavy atom. The van der Waals surface area contributed by atoms with Crippen molar-refractivity contribution >= 4 is 5.97 Å². The lowest BCUT2D eigenvalue weighted by atomic mass is 9.77. The zero-order chi connectivity index (χ0) is 15.4. The lowest BCUT2D eigenvalue weighted by Gasteiger charge is -2.28. The van der Waals surface area contributed by atoms with Gasteiger partial charge in [0.15, 0.2) is 17.5 Å². The molecule has 116 valence electrons. The Bertz CT molecular complexity index is 508. The van der Waals surface area contributed by atoms with Crippen LogP contribution >= 0.6 is 0 Å². The molecule has 0 aromatic heterocycles. The first kappa shape index (κ1) is 15.9. The van der Waals surface area contributed by atoms with Crippen molar-refractivity contribution in [1.29, 1.82) is 0 Å². The van der Waals surface area contributed by atoms with Gasteiger partial charge in [0.1, 0.15) is 0 Å². The predicted octanol–water partition coefficient (Wildman–Crippen LogP) is 4.33. The maximum Gasteiger partial charge on any atom is 0.306 e. The van der Waals surface area contributed by atoms with E-state index in [0.717, 1.165) is 18.9 Å². The lowest BCUT2D eigenvalue weighted by Crippen LogP contribution is -2.18. The number of esters is 1. The summed E-state index contributed by atoms with van der Waals surface area (Å²) in [6, 6.07) is 2.29. The number of carbonyl (C=O) groups excluding carboxylic acids is 1. The quantitative estimate of drug-likeness (QED) is 0.611. The van der Waals surface area contributed by atoms with Crippen LogP contribution in [0.25, 0.3) is 0 Å². The van der Waals surface area contributed by atoms with Crippen molar-refractivity contribution in [3.8, 4) is 0 Å². The molecule has 1 saturated carbocycles. The summed E-state index contributed by atoms with van der Waals surface area (Å²) in [5, 5.41) is 0. The third-order valence-electron chi connectivity index (χ3n) is 4.11. The zero-order valence-corrected chi connectivity index (χ0v) is 12.0. The lowest BCUT2D eigenvalue weighted by molar-refractivity contribution is -0.144. The van der Waals surface area contributed by atoms with E-state index in [1.807, 2.05) is 0 Å². The van der Waals surface area contributed by atoms with Gasteiger partial charge in [-0.25, -0.2) is 13.2 Å². The van der Waals surface area contributed by atoms with Gasteiger partial charge < -0.3 is 4.74 Å². The first-order valence-corrected chi connectivity index (χ1v) is 7.32. The maximum atomic E-state index is 13.8. The molecular weight excluding hydrogens is 281 g/mol. The van der Waals surface area contributed by atoms with Gasteiger partial charge in [0, 0.05) is 6.42 Å². The summed E-state index contributed by atoms with van der Waals surface area (Å²) >= 11 is 0. The first-order chi connectivity index (χ1) is 10.0. The molecule has 0 spiro atoms. The molecule has 5 heteroatoms. The van der Waals surface area contributed by atoms with Gasteiger partial charge in [0.2, 0.25) is 0 Å². The van der Waals surface area contributed by atoms with Gasteiger partial charge in [-0.1, -0.05) is 6.07 Å². The first-order valence-electron chi connectivity index (χ1n) is 7.32. The minimum atomic E-state index is -1.40. The summed E-state index contributed by atoms with van der Waals surface area (Å²) in [6.07, 6.45) is 3.25. The van der Waals surface area contributed by atoms with E-state index in [1.165, 1.54) is 6.07 Å². The molecule has 1 aliphatic rings. The fourth-order valence-corrected chi connectivity index (χ4v) is 2.99. The second kappa shape index (κ2) is 6.96. The number of halogens is 3. The Morgan fingerprint density at radius 1 is 1.14 bits per heavy atom. The van der Waals surface area contributed by atoms with Crippen LogP contribution in [0.4, 0.5) is 13.2 Å². The Hall–Kier alpha value is -1.52. The highest BCUT2D eigenvalue weighted by molar-refractivity contribution is 5.69. The molecule has 2 rings (SSSR count). The number of hydrogen-bond donors (Lipinski definition) is 0. The number of hydrogen-bond acceptors (Lipinski definition) is 2. The molecule has 0 bridgehead atoms. The molecule has 1 aliphatic carbocycles. The minimum Gasteiger partial charge on any atom is -0.466 e. The monoisotopic (exact) mass is 300 g/mol. The molecule has 1 aromatic rings. The molecule has 0 atom stereocenters. The van der Waals surface area contributed by atoms with Crippen LogP contribution in [0.15, 0.2) is 12.1 Å². The topological polar surface area (TPSA) is 26.3 Å². The van der Waals surface area contributed by atoms with E-state index < -0.39 is 17.5 Å². The van der Waals surface area contributed by atoms with Crippen LogP contribution in [-0.4, -0.2) is 12.6 Å². The summed E-state index contributed by atoms with van der Waals surface area (Å²) in [5.74, 6) is -3.73. The molecule has 0 unspecified atom stereocenters. The van der Waals surface area contributed by atoms with Crippen molar-refractivity contribution in [3.05, 3.63) is 35.1 Å². The van der Waals surface area contributed by atoms with Crippen LogP contribution in [0.3, 0.4) is 0 Å². The summed E-state index contributed by atoms with van der Waals surface area (Å²) in [7, 11) is 0. The van der Waals surface area contributed by atoms with Crippen molar-refractivity contribution in [1.82, 2.24) is 0 Å². The van der Waals surface area contributed by atoms with Crippen molar-refractivity contribution in [2.45, 2.75) is 44.9 Å². The van der Waals surface area contributed by atoms with Crippen LogP contribution in [0.5, 0.6) is 0 Å². The summed E-state index contributed by atoms with van der Waals surface area (Å²) in [6.45, 7) is 2.13. The molecule has 0 amide bonds. The normalized spacial score (nSPS) is 22.1. The van der Waals surface area contributed by atoms with E-state index in [-0.39, 0.29) is 23.4 Å². The van der Waals surface area contributed by atoms with Crippen molar-refractivity contribution in [3.63, 3.8) is 0 Å². The van der Waals surface area contributed by atoms with Gasteiger partial charge in [-0.3, -0.25) is 4.79 Å². The molecule has 1 aromatic carbocycles. The SMILES string of the molecule is CCOC(=O)CC1CCC(c2ccc(F)c(F)c2F)CC1. The second-order valence-electron chi connectivity index (χ2n) is 5.49. The van der Waals surface area contributed by atoms with Gasteiger partial charge in [0.05, 0.1) is 6.61 Å². The fourth-order valence-electron chi connectivity index (χ4n) is 2.99. The zero-order valence-electron chi connectivity index (χ0n) is 12.0. The highest BCUT2D eigenvalue weighted by Crippen LogP contribution is 2.38. The standard InChI is InChI=1S/C16H19F3O2/c1-2-21-14(20)9-10-3-5-11(6-4-10)12-7-8-13(17)16(19)15(12)18/h7-8,10-11H,2-6,9H2,1H3. The van der Waals surface area contributed by atoms with Crippen LogP contribution in [0.2, 0.25) is 0 Å². The third-order valence-corrected chi connectivity index (χ3v) is 4.11. The van der Waals surface area contributed by atoms with Crippen LogP contribution < -0.4 is 0 Å². The maximum absolute atomic E-state index is 13.8. The molecule has 2 nitrogen and oxygen atoms in total. The molecule has 0 aliphatic heterocycles. The van der Waals surface area contributed by atoms with Gasteiger partial charge >= 0.3 is 5.97 Å². The minimum absolute atomic E-state index is 0.112. The fraction of sp³-hybridized carbons (Fsp3) is 0.562. The second-order valence-corrected chi connectivity index (χ2v) is 5.49. The van der Waals surface area contributed by atoms with Crippen molar-refractivity contribution in [2.75, 3.05) is 6.61 Å². The Morgan fingerprint density at radius 3 is 2.43 bits per heavy atom. The smallest absolute Gasteiger partial charge is 0.306 e. The van der Waals surface area contributed by atoms with Crippen LogP contribution in [0.1, 0.15) is 50.5 Å². The predicted molar refractivity (Wildman–Crippen MR) is 72.3 cm³/mol. The van der Waals surface area contributed by atoms with Crippen LogP contribution in [-0.2, 0) is 9.53 Å². The molecule has 0 N–H and O–H groups in total. The average molecular weight is 300 g/mol. The van der Waals surface area contributed by atoms with Crippen LogP contribution in [0, 0.1) is 23.4 Å². The molecule has 0 saturated heterocycles. The van der Waals surface area contributed by atoms with E-state index in [1.54, 1.807) is 6.92 Å². The molecule has 0 heterocycles. The summed E-state index contributed by atoms with van der Waals surface area (Å²) in [5.41, 5.74) is 0.239. The Balaban J connectivity index is 1.95.